The SMILES string of the molecule is Clc1nc2ccccc2cc1CN1CCC[C@@H]1c1nc2ccccc2s1. The minimum atomic E-state index is 0.370. The van der Waals surface area contributed by atoms with Gasteiger partial charge in [0.05, 0.1) is 21.8 Å². The predicted octanol–water partition coefficient (Wildman–Crippen LogP) is 5.84. The lowest BCUT2D eigenvalue weighted by Crippen LogP contribution is -2.23. The summed E-state index contributed by atoms with van der Waals surface area (Å²) in [4.78, 5) is 12.0. The van der Waals surface area contributed by atoms with Crippen molar-refractivity contribution in [3.8, 4) is 0 Å². The van der Waals surface area contributed by atoms with Gasteiger partial charge in [-0.25, -0.2) is 9.97 Å². The van der Waals surface area contributed by atoms with Crippen molar-refractivity contribution in [2.75, 3.05) is 6.54 Å². The molecule has 5 heteroatoms. The molecular formula is C21H18ClN3S. The maximum Gasteiger partial charge on any atom is 0.134 e. The number of fused-ring (bicyclic) bond motifs is 2. The maximum absolute atomic E-state index is 6.49. The quantitative estimate of drug-likeness (QED) is 0.419. The van der Waals surface area contributed by atoms with Gasteiger partial charge in [-0.15, -0.1) is 11.3 Å². The van der Waals surface area contributed by atoms with Crippen molar-refractivity contribution in [3.63, 3.8) is 0 Å². The van der Waals surface area contributed by atoms with E-state index in [1.165, 1.54) is 16.1 Å². The van der Waals surface area contributed by atoms with Crippen molar-refractivity contribution in [3.05, 3.63) is 70.3 Å². The lowest BCUT2D eigenvalue weighted by Gasteiger charge is -2.23. The molecule has 1 fully saturated rings. The van der Waals surface area contributed by atoms with Crippen LogP contribution in [0.15, 0.2) is 54.6 Å². The molecule has 0 bridgehead atoms. The molecule has 0 unspecified atom stereocenters. The zero-order chi connectivity index (χ0) is 17.5. The molecule has 4 aromatic rings. The van der Waals surface area contributed by atoms with E-state index in [0.29, 0.717) is 11.2 Å². The van der Waals surface area contributed by atoms with Crippen molar-refractivity contribution in [2.45, 2.75) is 25.4 Å². The summed E-state index contributed by atoms with van der Waals surface area (Å²) in [5, 5.41) is 2.97. The Labute approximate surface area is 161 Å². The Morgan fingerprint density at radius 1 is 1.04 bits per heavy atom. The van der Waals surface area contributed by atoms with Crippen LogP contribution in [0.1, 0.15) is 29.5 Å². The second-order valence-corrected chi connectivity index (χ2v) is 8.20. The third kappa shape index (κ3) is 2.88. The molecule has 1 aliphatic rings. The standard InChI is InChI=1S/C21H18ClN3S/c22-20-15(12-14-6-1-2-7-16(14)23-20)13-25-11-5-9-18(25)21-24-17-8-3-4-10-19(17)26-21/h1-4,6-8,10,12,18H,5,9,11,13H2/t18-/m1/s1. The maximum atomic E-state index is 6.49. The van der Waals surface area contributed by atoms with Gasteiger partial charge in [0.1, 0.15) is 10.2 Å². The van der Waals surface area contributed by atoms with Crippen LogP contribution in [-0.4, -0.2) is 21.4 Å². The number of hydrogen-bond acceptors (Lipinski definition) is 4. The van der Waals surface area contributed by atoms with Gasteiger partial charge < -0.3 is 0 Å². The fourth-order valence-electron chi connectivity index (χ4n) is 3.79. The van der Waals surface area contributed by atoms with Gasteiger partial charge in [0, 0.05) is 17.5 Å². The first-order valence-corrected chi connectivity index (χ1v) is 10.1. The van der Waals surface area contributed by atoms with Crippen LogP contribution in [-0.2, 0) is 6.54 Å². The Kier molecular flexibility index (Phi) is 4.12. The van der Waals surface area contributed by atoms with Crippen LogP contribution in [0.25, 0.3) is 21.1 Å². The van der Waals surface area contributed by atoms with Crippen molar-refractivity contribution in [1.82, 2.24) is 14.9 Å². The van der Waals surface area contributed by atoms with Gasteiger partial charge >= 0.3 is 0 Å². The van der Waals surface area contributed by atoms with Gasteiger partial charge in [0.25, 0.3) is 0 Å². The number of thiazole rings is 1. The highest BCUT2D eigenvalue weighted by atomic mass is 35.5. The van der Waals surface area contributed by atoms with Crippen LogP contribution < -0.4 is 0 Å². The summed E-state index contributed by atoms with van der Waals surface area (Å²) in [7, 11) is 0. The predicted molar refractivity (Wildman–Crippen MR) is 109 cm³/mol. The van der Waals surface area contributed by atoms with Crippen LogP contribution in [0.4, 0.5) is 0 Å². The van der Waals surface area contributed by atoms with E-state index < -0.39 is 0 Å². The van der Waals surface area contributed by atoms with E-state index in [0.717, 1.165) is 41.5 Å². The molecule has 2 aromatic carbocycles. The summed E-state index contributed by atoms with van der Waals surface area (Å²) < 4.78 is 1.26. The van der Waals surface area contributed by atoms with E-state index in [1.54, 1.807) is 0 Å². The average molecular weight is 380 g/mol. The molecule has 0 spiro atoms. The second-order valence-electron chi connectivity index (χ2n) is 6.78. The van der Waals surface area contributed by atoms with E-state index in [4.69, 9.17) is 16.6 Å². The molecule has 0 saturated carbocycles. The smallest absolute Gasteiger partial charge is 0.134 e. The van der Waals surface area contributed by atoms with Crippen molar-refractivity contribution < 1.29 is 0 Å². The van der Waals surface area contributed by atoms with Crippen molar-refractivity contribution >= 4 is 44.1 Å². The normalized spacial score (nSPS) is 18.1. The number of pyridine rings is 1. The average Bonchev–Trinajstić information content (AvgIpc) is 3.28. The summed E-state index contributed by atoms with van der Waals surface area (Å²) >= 11 is 8.30. The van der Waals surface area contributed by atoms with Crippen LogP contribution in [0.3, 0.4) is 0 Å². The van der Waals surface area contributed by atoms with E-state index in [2.05, 4.69) is 46.3 Å². The number of rotatable bonds is 3. The molecule has 26 heavy (non-hydrogen) atoms. The molecule has 130 valence electrons. The van der Waals surface area contributed by atoms with Gasteiger partial charge in [-0.2, -0.15) is 0 Å². The van der Waals surface area contributed by atoms with E-state index in [-0.39, 0.29) is 0 Å². The largest absolute Gasteiger partial charge is 0.290 e. The van der Waals surface area contributed by atoms with Gasteiger partial charge in [-0.1, -0.05) is 41.9 Å². The first-order valence-electron chi connectivity index (χ1n) is 8.91. The summed E-state index contributed by atoms with van der Waals surface area (Å²) in [6.45, 7) is 1.89. The number of benzene rings is 2. The first-order chi connectivity index (χ1) is 12.8. The van der Waals surface area contributed by atoms with Crippen molar-refractivity contribution in [1.29, 1.82) is 0 Å². The number of nitrogens with zero attached hydrogens (tertiary/aromatic N) is 3. The zero-order valence-electron chi connectivity index (χ0n) is 14.2. The molecule has 0 radical (unpaired) electrons. The highest BCUT2D eigenvalue weighted by Gasteiger charge is 2.29. The molecule has 1 saturated heterocycles. The lowest BCUT2D eigenvalue weighted by atomic mass is 10.1. The molecule has 3 nitrogen and oxygen atoms in total. The summed E-state index contributed by atoms with van der Waals surface area (Å²) in [6.07, 6.45) is 2.34. The number of hydrogen-bond donors (Lipinski definition) is 0. The Hall–Kier alpha value is -2.01. The van der Waals surface area contributed by atoms with Crippen LogP contribution in [0, 0.1) is 0 Å². The minimum absolute atomic E-state index is 0.370. The zero-order valence-corrected chi connectivity index (χ0v) is 15.8. The summed E-state index contributed by atoms with van der Waals surface area (Å²) in [5.41, 5.74) is 3.15. The van der Waals surface area contributed by atoms with E-state index in [1.807, 2.05) is 29.5 Å². The van der Waals surface area contributed by atoms with Crippen molar-refractivity contribution in [2.24, 2.45) is 0 Å². The monoisotopic (exact) mass is 379 g/mol. The van der Waals surface area contributed by atoms with Gasteiger partial charge in [0.2, 0.25) is 0 Å². The molecule has 1 aliphatic heterocycles. The molecule has 0 amide bonds. The number of para-hydroxylation sites is 2. The Morgan fingerprint density at radius 3 is 2.73 bits per heavy atom. The fraction of sp³-hybridized carbons (Fsp3) is 0.238. The topological polar surface area (TPSA) is 29.0 Å². The molecule has 0 N–H and O–H groups in total. The van der Waals surface area contributed by atoms with Crippen LogP contribution in [0.2, 0.25) is 5.15 Å². The third-order valence-electron chi connectivity index (χ3n) is 5.08. The third-order valence-corrected chi connectivity index (χ3v) is 6.55. The van der Waals surface area contributed by atoms with Gasteiger partial charge in [0.15, 0.2) is 0 Å². The Bertz CT molecular complexity index is 1060. The van der Waals surface area contributed by atoms with E-state index in [9.17, 15) is 0 Å². The van der Waals surface area contributed by atoms with Crippen LogP contribution in [0.5, 0.6) is 0 Å². The lowest BCUT2D eigenvalue weighted by molar-refractivity contribution is 0.248. The Balaban J connectivity index is 1.46. The summed E-state index contributed by atoms with van der Waals surface area (Å²) in [5.74, 6) is 0. The number of halogens is 1. The second kappa shape index (κ2) is 6.62. The van der Waals surface area contributed by atoms with Gasteiger partial charge in [-0.05, 0) is 43.7 Å². The summed E-state index contributed by atoms with van der Waals surface area (Å²) in [6, 6.07) is 19.1. The van der Waals surface area contributed by atoms with Crippen LogP contribution >= 0.6 is 22.9 Å². The molecule has 1 atom stereocenters. The molecule has 2 aromatic heterocycles. The molecule has 5 rings (SSSR count). The van der Waals surface area contributed by atoms with E-state index >= 15 is 0 Å². The van der Waals surface area contributed by atoms with Gasteiger partial charge in [-0.3, -0.25) is 4.90 Å². The Morgan fingerprint density at radius 2 is 1.85 bits per heavy atom. The number of aromatic nitrogens is 2. The highest BCUT2D eigenvalue weighted by Crippen LogP contribution is 2.38. The molecule has 3 heterocycles. The minimum Gasteiger partial charge on any atom is -0.290 e. The first kappa shape index (κ1) is 16.2. The molecular weight excluding hydrogens is 362 g/mol. The highest BCUT2D eigenvalue weighted by molar-refractivity contribution is 7.18. The molecule has 0 aliphatic carbocycles. The fourth-order valence-corrected chi connectivity index (χ4v) is 5.14. The number of likely N-dealkylation sites (tertiary alicyclic amines) is 1.